The lowest BCUT2D eigenvalue weighted by atomic mass is 10.0. The third-order valence-electron chi connectivity index (χ3n) is 4.87. The average molecular weight is 397 g/mol. The van der Waals surface area contributed by atoms with Gasteiger partial charge in [-0.1, -0.05) is 24.3 Å². The van der Waals surface area contributed by atoms with Crippen LogP contribution in [0.15, 0.2) is 54.6 Å². The summed E-state index contributed by atoms with van der Waals surface area (Å²) < 4.78 is 0. The zero-order chi connectivity index (χ0) is 18.8. The zero-order valence-corrected chi connectivity index (χ0v) is 16.0. The number of carbonyl (C=O) groups excluding carboxylic acids is 1. The number of ketones is 1. The summed E-state index contributed by atoms with van der Waals surface area (Å²) in [4.78, 5) is 13.6. The number of hydrogen-bond donors (Lipinski definition) is 2. The smallest absolute Gasteiger partial charge is 0.154 e. The maximum atomic E-state index is 11.4. The van der Waals surface area contributed by atoms with Gasteiger partial charge in [-0.3, -0.25) is 4.79 Å². The van der Waals surface area contributed by atoms with Crippen LogP contribution in [0.4, 0.5) is 11.5 Å². The number of hydrogen-bond acceptors (Lipinski definition) is 6. The maximum Gasteiger partial charge on any atom is 0.154 e. The van der Waals surface area contributed by atoms with E-state index in [0.29, 0.717) is 35.7 Å². The number of aromatic nitrogens is 2. The molecule has 2 heterocycles. The van der Waals surface area contributed by atoms with Crippen molar-refractivity contribution in [1.82, 2.24) is 10.2 Å². The summed E-state index contributed by atoms with van der Waals surface area (Å²) in [7, 11) is 0. The first-order valence-electron chi connectivity index (χ1n) is 8.90. The van der Waals surface area contributed by atoms with Crippen LogP contribution in [0.25, 0.3) is 22.4 Å². The number of phenols is 1. The molecule has 1 aliphatic heterocycles. The van der Waals surface area contributed by atoms with E-state index in [9.17, 15) is 9.90 Å². The van der Waals surface area contributed by atoms with E-state index in [1.165, 1.54) is 0 Å². The van der Waals surface area contributed by atoms with E-state index in [4.69, 9.17) is 5.73 Å². The molecule has 0 aliphatic carbocycles. The van der Waals surface area contributed by atoms with E-state index in [0.717, 1.165) is 29.9 Å². The number of nitrogen functional groups attached to an aromatic ring is 1. The van der Waals surface area contributed by atoms with Gasteiger partial charge < -0.3 is 15.7 Å². The molecule has 0 atom stereocenters. The van der Waals surface area contributed by atoms with Gasteiger partial charge in [0.25, 0.3) is 0 Å². The number of benzene rings is 2. The van der Waals surface area contributed by atoms with E-state index >= 15 is 0 Å². The van der Waals surface area contributed by atoms with Crippen molar-refractivity contribution >= 4 is 29.7 Å². The van der Waals surface area contributed by atoms with Crippen molar-refractivity contribution in [3.8, 4) is 28.1 Å². The highest BCUT2D eigenvalue weighted by molar-refractivity contribution is 5.85. The fourth-order valence-electron chi connectivity index (χ4n) is 3.32. The monoisotopic (exact) mass is 396 g/mol. The summed E-state index contributed by atoms with van der Waals surface area (Å²) in [6.45, 7) is 1.52. The molecule has 2 aromatic carbocycles. The molecule has 0 spiro atoms. The molecule has 3 aromatic rings. The molecule has 3 N–H and O–H groups in total. The molecule has 1 fully saturated rings. The number of nitrogens with two attached hydrogens (primary N) is 1. The van der Waals surface area contributed by atoms with Gasteiger partial charge in [0.15, 0.2) is 5.82 Å². The molecule has 6 nitrogen and oxygen atoms in total. The van der Waals surface area contributed by atoms with Crippen LogP contribution in [-0.2, 0) is 4.79 Å². The molecule has 0 radical (unpaired) electrons. The lowest BCUT2D eigenvalue weighted by molar-refractivity contribution is -0.119. The standard InChI is InChI=1S/C21H20N4O2.ClH/c22-21-18(13-19(23-24-21)17-3-1-2-4-20(17)27)14-5-7-15(8-6-14)25-11-9-16(26)10-12-25;/h1-8,13,27H,9-12H2,(H2,22,24);1H. The van der Waals surface area contributed by atoms with Crippen molar-refractivity contribution in [2.24, 2.45) is 0 Å². The van der Waals surface area contributed by atoms with Crippen LogP contribution in [0.2, 0.25) is 0 Å². The minimum atomic E-state index is 0. The second kappa shape index (κ2) is 8.27. The third-order valence-corrected chi connectivity index (χ3v) is 4.87. The molecule has 1 aliphatic rings. The predicted molar refractivity (Wildman–Crippen MR) is 113 cm³/mol. The van der Waals surface area contributed by atoms with Crippen LogP contribution in [0.5, 0.6) is 5.75 Å². The Labute approximate surface area is 169 Å². The van der Waals surface area contributed by atoms with Crippen molar-refractivity contribution in [1.29, 1.82) is 0 Å². The SMILES string of the molecule is Cl.Nc1nnc(-c2ccccc2O)cc1-c1ccc(N2CCC(=O)CC2)cc1. The van der Waals surface area contributed by atoms with Gasteiger partial charge in [0, 0.05) is 42.7 Å². The maximum absolute atomic E-state index is 11.4. The van der Waals surface area contributed by atoms with Gasteiger partial charge in [0.05, 0.1) is 5.69 Å². The molecule has 0 bridgehead atoms. The Morgan fingerprint density at radius 1 is 0.929 bits per heavy atom. The summed E-state index contributed by atoms with van der Waals surface area (Å²) in [6.07, 6.45) is 1.21. The predicted octanol–water partition coefficient (Wildman–Crippen LogP) is 3.69. The molecule has 1 saturated heterocycles. The Kier molecular flexibility index (Phi) is 5.80. The highest BCUT2D eigenvalue weighted by Gasteiger charge is 2.17. The number of phenolic OH excluding ortho intramolecular Hbond substituents is 1. The first-order chi connectivity index (χ1) is 13.1. The minimum Gasteiger partial charge on any atom is -0.507 e. The fraction of sp³-hybridized carbons (Fsp3) is 0.190. The second-order valence-electron chi connectivity index (χ2n) is 6.62. The van der Waals surface area contributed by atoms with E-state index in [1.807, 2.05) is 36.4 Å². The summed E-state index contributed by atoms with van der Waals surface area (Å²) >= 11 is 0. The van der Waals surface area contributed by atoms with E-state index in [-0.39, 0.29) is 18.2 Å². The number of carbonyl (C=O) groups is 1. The number of aromatic hydroxyl groups is 1. The van der Waals surface area contributed by atoms with Gasteiger partial charge in [0.1, 0.15) is 11.5 Å². The van der Waals surface area contributed by atoms with Crippen LogP contribution >= 0.6 is 12.4 Å². The molecule has 28 heavy (non-hydrogen) atoms. The molecule has 0 unspecified atom stereocenters. The van der Waals surface area contributed by atoms with Gasteiger partial charge >= 0.3 is 0 Å². The molecule has 7 heteroatoms. The highest BCUT2D eigenvalue weighted by atomic mass is 35.5. The summed E-state index contributed by atoms with van der Waals surface area (Å²) in [6, 6.07) is 16.9. The Bertz CT molecular complexity index is 982. The number of rotatable bonds is 3. The Hall–Kier alpha value is -3.12. The molecule has 0 saturated carbocycles. The molecule has 1 aromatic heterocycles. The van der Waals surface area contributed by atoms with E-state index in [2.05, 4.69) is 15.1 Å². The topological polar surface area (TPSA) is 92.3 Å². The zero-order valence-electron chi connectivity index (χ0n) is 15.2. The van der Waals surface area contributed by atoms with Crippen molar-refractivity contribution in [2.75, 3.05) is 23.7 Å². The van der Waals surface area contributed by atoms with E-state index in [1.54, 1.807) is 18.2 Å². The molecule has 0 amide bonds. The lowest BCUT2D eigenvalue weighted by Gasteiger charge is -2.28. The largest absolute Gasteiger partial charge is 0.507 e. The average Bonchev–Trinajstić information content (AvgIpc) is 2.70. The van der Waals surface area contributed by atoms with Crippen LogP contribution in [-0.4, -0.2) is 34.2 Å². The number of halogens is 1. The Morgan fingerprint density at radius 3 is 2.29 bits per heavy atom. The van der Waals surface area contributed by atoms with Crippen LogP contribution in [0, 0.1) is 0 Å². The highest BCUT2D eigenvalue weighted by Crippen LogP contribution is 2.33. The van der Waals surface area contributed by atoms with Crippen molar-refractivity contribution in [2.45, 2.75) is 12.8 Å². The van der Waals surface area contributed by atoms with Crippen LogP contribution in [0.1, 0.15) is 12.8 Å². The lowest BCUT2D eigenvalue weighted by Crippen LogP contribution is -2.33. The van der Waals surface area contributed by atoms with Gasteiger partial charge in [-0.05, 0) is 35.9 Å². The molecular weight excluding hydrogens is 376 g/mol. The quantitative estimate of drug-likeness (QED) is 0.701. The first-order valence-corrected chi connectivity index (χ1v) is 8.90. The summed E-state index contributed by atoms with van der Waals surface area (Å²) in [5.41, 5.74) is 10.0. The molecule has 4 rings (SSSR count). The first kappa shape index (κ1) is 19.6. The van der Waals surface area contributed by atoms with Crippen molar-refractivity contribution in [3.05, 3.63) is 54.6 Å². The van der Waals surface area contributed by atoms with Gasteiger partial charge in [-0.25, -0.2) is 0 Å². The third kappa shape index (κ3) is 3.92. The Morgan fingerprint density at radius 2 is 1.61 bits per heavy atom. The van der Waals surface area contributed by atoms with Crippen molar-refractivity contribution in [3.63, 3.8) is 0 Å². The second-order valence-corrected chi connectivity index (χ2v) is 6.62. The number of piperidine rings is 1. The van der Waals surface area contributed by atoms with Gasteiger partial charge in [-0.15, -0.1) is 22.6 Å². The molecular formula is C21H21ClN4O2. The van der Waals surface area contributed by atoms with Crippen LogP contribution in [0.3, 0.4) is 0 Å². The minimum absolute atomic E-state index is 0. The van der Waals surface area contributed by atoms with Gasteiger partial charge in [0.2, 0.25) is 0 Å². The normalized spacial score (nSPS) is 13.9. The number of anilines is 2. The summed E-state index contributed by atoms with van der Waals surface area (Å²) in [5.74, 6) is 0.818. The fourth-order valence-corrected chi connectivity index (χ4v) is 3.32. The van der Waals surface area contributed by atoms with Crippen molar-refractivity contribution < 1.29 is 9.90 Å². The van der Waals surface area contributed by atoms with Gasteiger partial charge in [-0.2, -0.15) is 0 Å². The number of nitrogens with zero attached hydrogens (tertiary/aromatic N) is 3. The summed E-state index contributed by atoms with van der Waals surface area (Å²) in [5, 5.41) is 18.2. The van der Waals surface area contributed by atoms with Crippen LogP contribution < -0.4 is 10.6 Å². The number of Topliss-reactive ketones (excluding diaryl/α,β-unsaturated/α-hetero) is 1. The Balaban J connectivity index is 0.00000225. The number of para-hydroxylation sites is 1. The van der Waals surface area contributed by atoms with E-state index < -0.39 is 0 Å². The molecule has 144 valence electrons.